The van der Waals surface area contributed by atoms with Gasteiger partial charge >= 0.3 is 6.03 Å². The molecular formula is C7H11ClN2O3. The number of nitrogens with one attached hydrogen (secondary N) is 2. The maximum Gasteiger partial charge on any atom is 0.321 e. The minimum atomic E-state index is -0.513. The first-order chi connectivity index (χ1) is 6.22. The molecule has 13 heavy (non-hydrogen) atoms. The van der Waals surface area contributed by atoms with Crippen molar-refractivity contribution in [2.45, 2.75) is 12.5 Å². The molecule has 3 amide bonds. The monoisotopic (exact) mass is 206 g/mol. The molecule has 0 bridgehead atoms. The molecule has 0 aromatic rings. The van der Waals surface area contributed by atoms with E-state index in [0.29, 0.717) is 13.2 Å². The normalized spacial score (nSPS) is 21.2. The lowest BCUT2D eigenvalue weighted by Gasteiger charge is -2.09. The van der Waals surface area contributed by atoms with Crippen LogP contribution < -0.4 is 10.6 Å². The van der Waals surface area contributed by atoms with Gasteiger partial charge < -0.3 is 10.1 Å². The van der Waals surface area contributed by atoms with Crippen LogP contribution in [0.15, 0.2) is 0 Å². The number of rotatable bonds is 2. The predicted molar refractivity (Wildman–Crippen MR) is 46.6 cm³/mol. The zero-order valence-corrected chi connectivity index (χ0v) is 7.76. The Morgan fingerprint density at radius 2 is 2.31 bits per heavy atom. The van der Waals surface area contributed by atoms with Gasteiger partial charge in [-0.1, -0.05) is 0 Å². The number of hydrogen-bond acceptors (Lipinski definition) is 3. The molecule has 0 radical (unpaired) electrons. The van der Waals surface area contributed by atoms with E-state index < -0.39 is 11.9 Å². The number of carbonyl (C=O) groups excluding carboxylic acids is 2. The fraction of sp³-hybridized carbons (Fsp3) is 0.714. The van der Waals surface area contributed by atoms with Gasteiger partial charge in [-0.15, -0.1) is 11.6 Å². The lowest BCUT2D eigenvalue weighted by atomic mass is 10.3. The van der Waals surface area contributed by atoms with Gasteiger partial charge in [0.1, 0.15) is 5.88 Å². The third-order valence-electron chi connectivity index (χ3n) is 1.64. The summed E-state index contributed by atoms with van der Waals surface area (Å²) in [5, 5.41) is 4.67. The maximum absolute atomic E-state index is 11.0. The van der Waals surface area contributed by atoms with Gasteiger partial charge in [-0.2, -0.15) is 0 Å². The Balaban J connectivity index is 2.20. The van der Waals surface area contributed by atoms with Gasteiger partial charge in [0.05, 0.1) is 12.6 Å². The molecule has 0 aliphatic carbocycles. The molecule has 1 saturated heterocycles. The number of hydrogen-bond donors (Lipinski definition) is 2. The summed E-state index contributed by atoms with van der Waals surface area (Å²) in [6.45, 7) is 1.15. The Morgan fingerprint density at radius 3 is 2.85 bits per heavy atom. The second kappa shape index (κ2) is 5.04. The number of amides is 3. The van der Waals surface area contributed by atoms with Gasteiger partial charge in [-0.25, -0.2) is 4.79 Å². The van der Waals surface area contributed by atoms with Crippen molar-refractivity contribution in [2.75, 3.05) is 19.1 Å². The molecule has 74 valence electrons. The van der Waals surface area contributed by atoms with E-state index in [2.05, 4.69) is 10.6 Å². The molecule has 0 saturated carbocycles. The standard InChI is InChI=1S/C7H11ClN2O3/c8-3-6(11)10-7(12)9-5-1-2-13-4-5/h5H,1-4H2,(H2,9,10,11,12). The molecule has 1 fully saturated rings. The van der Waals surface area contributed by atoms with Crippen molar-refractivity contribution >= 4 is 23.5 Å². The number of imide groups is 1. The first-order valence-corrected chi connectivity index (χ1v) is 4.50. The highest BCUT2D eigenvalue weighted by Gasteiger charge is 2.18. The lowest BCUT2D eigenvalue weighted by molar-refractivity contribution is -0.117. The summed E-state index contributed by atoms with van der Waals surface area (Å²) in [6, 6.07) is -0.510. The van der Waals surface area contributed by atoms with Gasteiger partial charge in [0.2, 0.25) is 5.91 Å². The molecular weight excluding hydrogens is 196 g/mol. The Morgan fingerprint density at radius 1 is 1.54 bits per heavy atom. The smallest absolute Gasteiger partial charge is 0.321 e. The molecule has 5 nitrogen and oxygen atoms in total. The van der Waals surface area contributed by atoms with Crippen molar-refractivity contribution in [3.8, 4) is 0 Å². The van der Waals surface area contributed by atoms with E-state index in [1.165, 1.54) is 0 Å². The highest BCUT2D eigenvalue weighted by Crippen LogP contribution is 2.02. The van der Waals surface area contributed by atoms with Crippen molar-refractivity contribution in [1.29, 1.82) is 0 Å². The fourth-order valence-corrected chi connectivity index (χ4v) is 1.10. The molecule has 1 heterocycles. The highest BCUT2D eigenvalue weighted by molar-refractivity contribution is 6.28. The van der Waals surface area contributed by atoms with Crippen LogP contribution in [0.4, 0.5) is 4.79 Å². The molecule has 1 aliphatic heterocycles. The van der Waals surface area contributed by atoms with Crippen LogP contribution in [0.25, 0.3) is 0 Å². The summed E-state index contributed by atoms with van der Waals surface area (Å²) < 4.78 is 5.04. The van der Waals surface area contributed by atoms with Crippen LogP contribution in [-0.4, -0.2) is 37.1 Å². The Kier molecular flexibility index (Phi) is 3.98. The SMILES string of the molecule is O=C(CCl)NC(=O)NC1CCOC1. The highest BCUT2D eigenvalue weighted by atomic mass is 35.5. The van der Waals surface area contributed by atoms with Crippen molar-refractivity contribution < 1.29 is 14.3 Å². The average molecular weight is 207 g/mol. The van der Waals surface area contributed by atoms with Crippen LogP contribution >= 0.6 is 11.6 Å². The third kappa shape index (κ3) is 3.61. The molecule has 1 unspecified atom stereocenters. The molecule has 1 atom stereocenters. The fourth-order valence-electron chi connectivity index (χ4n) is 1.03. The van der Waals surface area contributed by atoms with E-state index in [9.17, 15) is 9.59 Å². The Labute approximate surface area is 80.8 Å². The van der Waals surface area contributed by atoms with Crippen LogP contribution in [0.3, 0.4) is 0 Å². The minimum Gasteiger partial charge on any atom is -0.379 e. The molecule has 6 heteroatoms. The number of carbonyl (C=O) groups is 2. The van der Waals surface area contributed by atoms with E-state index in [1.54, 1.807) is 0 Å². The zero-order chi connectivity index (χ0) is 9.68. The number of halogens is 1. The van der Waals surface area contributed by atoms with Crippen LogP contribution in [0.2, 0.25) is 0 Å². The van der Waals surface area contributed by atoms with E-state index in [-0.39, 0.29) is 11.9 Å². The van der Waals surface area contributed by atoms with Crippen molar-refractivity contribution in [3.63, 3.8) is 0 Å². The molecule has 1 aliphatic rings. The number of alkyl halides is 1. The minimum absolute atomic E-state index is 0.00289. The summed E-state index contributed by atoms with van der Waals surface area (Å²) >= 11 is 5.20. The summed E-state index contributed by atoms with van der Waals surface area (Å²) in [5.41, 5.74) is 0. The lowest BCUT2D eigenvalue weighted by Crippen LogP contribution is -2.45. The number of urea groups is 1. The van der Waals surface area contributed by atoms with E-state index in [4.69, 9.17) is 16.3 Å². The Bertz CT molecular complexity index is 204. The second-order valence-corrected chi connectivity index (χ2v) is 2.98. The Hall–Kier alpha value is -0.810. The van der Waals surface area contributed by atoms with Crippen molar-refractivity contribution in [1.82, 2.24) is 10.6 Å². The van der Waals surface area contributed by atoms with Gasteiger partial charge in [0, 0.05) is 6.61 Å². The van der Waals surface area contributed by atoms with Crippen molar-refractivity contribution in [2.24, 2.45) is 0 Å². The van der Waals surface area contributed by atoms with Crippen LogP contribution in [0.1, 0.15) is 6.42 Å². The van der Waals surface area contributed by atoms with E-state index in [0.717, 1.165) is 6.42 Å². The first-order valence-electron chi connectivity index (χ1n) is 3.96. The summed E-state index contributed by atoms with van der Waals surface area (Å²) in [4.78, 5) is 21.7. The van der Waals surface area contributed by atoms with Gasteiger partial charge in [-0.05, 0) is 6.42 Å². The van der Waals surface area contributed by atoms with Crippen LogP contribution in [0.5, 0.6) is 0 Å². The van der Waals surface area contributed by atoms with Crippen LogP contribution in [0, 0.1) is 0 Å². The quantitative estimate of drug-likeness (QED) is 0.617. The summed E-state index contributed by atoms with van der Waals surface area (Å²) in [5.74, 6) is -0.715. The molecule has 0 aromatic carbocycles. The van der Waals surface area contributed by atoms with Crippen molar-refractivity contribution in [3.05, 3.63) is 0 Å². The topological polar surface area (TPSA) is 67.4 Å². The maximum atomic E-state index is 11.0. The summed E-state index contributed by atoms with van der Waals surface area (Å²) in [6.07, 6.45) is 0.780. The second-order valence-electron chi connectivity index (χ2n) is 2.72. The van der Waals surface area contributed by atoms with Gasteiger partial charge in [0.15, 0.2) is 0 Å². The third-order valence-corrected chi connectivity index (χ3v) is 1.88. The molecule has 1 rings (SSSR count). The zero-order valence-electron chi connectivity index (χ0n) is 7.01. The van der Waals surface area contributed by atoms with Gasteiger partial charge in [-0.3, -0.25) is 10.1 Å². The van der Waals surface area contributed by atoms with Crippen LogP contribution in [-0.2, 0) is 9.53 Å². The summed E-state index contributed by atoms with van der Waals surface area (Å²) in [7, 11) is 0. The first kappa shape index (κ1) is 10.3. The molecule has 0 aromatic heterocycles. The largest absolute Gasteiger partial charge is 0.379 e. The molecule has 0 spiro atoms. The average Bonchev–Trinajstić information content (AvgIpc) is 2.56. The van der Waals surface area contributed by atoms with Gasteiger partial charge in [0.25, 0.3) is 0 Å². The predicted octanol–water partition coefficient (Wildman–Crippen LogP) is -0.160. The molecule has 2 N–H and O–H groups in total. The van der Waals surface area contributed by atoms with E-state index >= 15 is 0 Å². The van der Waals surface area contributed by atoms with E-state index in [1.807, 2.05) is 0 Å². The number of ether oxygens (including phenoxy) is 1.